The van der Waals surface area contributed by atoms with Crippen molar-refractivity contribution in [3.05, 3.63) is 53.6 Å². The Bertz CT molecular complexity index is 712. The van der Waals surface area contributed by atoms with Crippen LogP contribution in [-0.2, 0) is 6.54 Å². The molecule has 1 aliphatic heterocycles. The van der Waals surface area contributed by atoms with E-state index in [2.05, 4.69) is 0 Å². The van der Waals surface area contributed by atoms with Gasteiger partial charge in [0.25, 0.3) is 5.91 Å². The Morgan fingerprint density at radius 2 is 1.79 bits per heavy atom. The topological polar surface area (TPSA) is 48.0 Å². The van der Waals surface area contributed by atoms with Crippen molar-refractivity contribution in [1.82, 2.24) is 4.90 Å². The molecule has 1 amide bonds. The van der Waals surface area contributed by atoms with Gasteiger partial charge in [-0.3, -0.25) is 4.79 Å². The molecule has 0 bridgehead atoms. The largest absolute Gasteiger partial charge is 0.494 e. The Balaban J connectivity index is 1.68. The van der Waals surface area contributed by atoms with Crippen molar-refractivity contribution >= 4 is 5.91 Å². The van der Waals surface area contributed by atoms with Crippen LogP contribution in [0.25, 0.3) is 0 Å². The van der Waals surface area contributed by atoms with Crippen LogP contribution < -0.4 is 14.2 Å². The van der Waals surface area contributed by atoms with Crippen molar-refractivity contribution in [2.24, 2.45) is 0 Å². The van der Waals surface area contributed by atoms with E-state index in [-0.39, 0.29) is 5.91 Å². The van der Waals surface area contributed by atoms with E-state index in [1.165, 1.54) is 0 Å². The van der Waals surface area contributed by atoms with E-state index in [1.807, 2.05) is 31.2 Å². The highest BCUT2D eigenvalue weighted by Gasteiger charge is 2.17. The third-order valence-corrected chi connectivity index (χ3v) is 3.79. The van der Waals surface area contributed by atoms with Gasteiger partial charge in [-0.15, -0.1) is 0 Å². The zero-order valence-electron chi connectivity index (χ0n) is 14.0. The molecule has 5 nitrogen and oxygen atoms in total. The van der Waals surface area contributed by atoms with Crippen molar-refractivity contribution in [3.63, 3.8) is 0 Å². The molecule has 0 fully saturated rings. The zero-order chi connectivity index (χ0) is 16.9. The minimum absolute atomic E-state index is 0.0548. The fourth-order valence-electron chi connectivity index (χ4n) is 2.60. The maximum atomic E-state index is 12.6. The van der Waals surface area contributed by atoms with Gasteiger partial charge in [0.1, 0.15) is 19.0 Å². The maximum Gasteiger partial charge on any atom is 0.254 e. The van der Waals surface area contributed by atoms with Crippen LogP contribution in [0.15, 0.2) is 42.5 Å². The number of rotatable bonds is 5. The lowest BCUT2D eigenvalue weighted by molar-refractivity contribution is 0.0784. The lowest BCUT2D eigenvalue weighted by Gasteiger charge is -2.21. The van der Waals surface area contributed by atoms with Gasteiger partial charge in [0.2, 0.25) is 0 Å². The SMILES string of the molecule is CCOc1ccc(CN(C)C(=O)c2ccc3c(c2)OCCO3)cc1. The minimum atomic E-state index is -0.0548. The average Bonchev–Trinajstić information content (AvgIpc) is 2.62. The Morgan fingerprint density at radius 1 is 1.08 bits per heavy atom. The van der Waals surface area contributed by atoms with Crippen LogP contribution in [0.5, 0.6) is 17.2 Å². The summed E-state index contributed by atoms with van der Waals surface area (Å²) in [6.07, 6.45) is 0. The summed E-state index contributed by atoms with van der Waals surface area (Å²) >= 11 is 0. The standard InChI is InChI=1S/C19H21NO4/c1-3-22-16-7-4-14(5-8-16)13-20(2)19(21)15-6-9-17-18(12-15)24-11-10-23-17/h4-9,12H,3,10-11,13H2,1-2H3. The van der Waals surface area contributed by atoms with E-state index in [1.54, 1.807) is 30.1 Å². The molecule has 0 spiro atoms. The third kappa shape index (κ3) is 3.62. The number of hydrogen-bond donors (Lipinski definition) is 0. The van der Waals surface area contributed by atoms with Gasteiger partial charge in [0.15, 0.2) is 11.5 Å². The normalized spacial score (nSPS) is 12.6. The van der Waals surface area contributed by atoms with Gasteiger partial charge >= 0.3 is 0 Å². The highest BCUT2D eigenvalue weighted by molar-refractivity contribution is 5.94. The highest BCUT2D eigenvalue weighted by Crippen LogP contribution is 2.31. The van der Waals surface area contributed by atoms with E-state index in [0.717, 1.165) is 11.3 Å². The second kappa shape index (κ2) is 7.25. The molecule has 0 saturated carbocycles. The van der Waals surface area contributed by atoms with E-state index in [9.17, 15) is 4.79 Å². The van der Waals surface area contributed by atoms with Crippen LogP contribution in [0.4, 0.5) is 0 Å². The number of amides is 1. The van der Waals surface area contributed by atoms with Crippen molar-refractivity contribution in [3.8, 4) is 17.2 Å². The number of carbonyl (C=O) groups excluding carboxylic acids is 1. The molecular formula is C19H21NO4. The van der Waals surface area contributed by atoms with E-state index in [4.69, 9.17) is 14.2 Å². The predicted octanol–water partition coefficient (Wildman–Crippen LogP) is 3.13. The number of ether oxygens (including phenoxy) is 3. The molecule has 126 valence electrons. The van der Waals surface area contributed by atoms with E-state index in [0.29, 0.717) is 43.4 Å². The smallest absolute Gasteiger partial charge is 0.254 e. The Morgan fingerprint density at radius 3 is 2.50 bits per heavy atom. The molecule has 3 rings (SSSR count). The van der Waals surface area contributed by atoms with Crippen LogP contribution >= 0.6 is 0 Å². The summed E-state index contributed by atoms with van der Waals surface area (Å²) in [4.78, 5) is 14.3. The van der Waals surface area contributed by atoms with Gasteiger partial charge in [-0.25, -0.2) is 0 Å². The first-order valence-electron chi connectivity index (χ1n) is 8.04. The van der Waals surface area contributed by atoms with Crippen molar-refractivity contribution in [2.75, 3.05) is 26.9 Å². The summed E-state index contributed by atoms with van der Waals surface area (Å²) in [6, 6.07) is 13.1. The number of fused-ring (bicyclic) bond motifs is 1. The number of benzene rings is 2. The highest BCUT2D eigenvalue weighted by atomic mass is 16.6. The first-order valence-corrected chi connectivity index (χ1v) is 8.04. The van der Waals surface area contributed by atoms with E-state index >= 15 is 0 Å². The zero-order valence-corrected chi connectivity index (χ0v) is 14.0. The summed E-state index contributed by atoms with van der Waals surface area (Å²) in [7, 11) is 1.79. The van der Waals surface area contributed by atoms with Gasteiger partial charge in [-0.2, -0.15) is 0 Å². The number of hydrogen-bond acceptors (Lipinski definition) is 4. The minimum Gasteiger partial charge on any atom is -0.494 e. The summed E-state index contributed by atoms with van der Waals surface area (Å²) in [6.45, 7) is 4.17. The van der Waals surface area contributed by atoms with Crippen molar-refractivity contribution in [1.29, 1.82) is 0 Å². The van der Waals surface area contributed by atoms with Gasteiger partial charge in [-0.05, 0) is 42.8 Å². The molecule has 1 heterocycles. The van der Waals surface area contributed by atoms with Crippen molar-refractivity contribution in [2.45, 2.75) is 13.5 Å². The Labute approximate surface area is 141 Å². The molecule has 2 aromatic carbocycles. The molecule has 0 atom stereocenters. The molecule has 0 radical (unpaired) electrons. The van der Waals surface area contributed by atoms with Gasteiger partial charge in [-0.1, -0.05) is 12.1 Å². The lowest BCUT2D eigenvalue weighted by Crippen LogP contribution is -2.26. The summed E-state index contributed by atoms with van der Waals surface area (Å²) in [5, 5.41) is 0. The monoisotopic (exact) mass is 327 g/mol. The molecule has 0 saturated heterocycles. The quantitative estimate of drug-likeness (QED) is 0.846. The molecule has 2 aromatic rings. The fourth-order valence-corrected chi connectivity index (χ4v) is 2.60. The Kier molecular flexibility index (Phi) is 4.89. The molecular weight excluding hydrogens is 306 g/mol. The molecule has 0 unspecified atom stereocenters. The van der Waals surface area contributed by atoms with Gasteiger partial charge < -0.3 is 19.1 Å². The summed E-state index contributed by atoms with van der Waals surface area (Å²) < 4.78 is 16.5. The molecule has 0 N–H and O–H groups in total. The van der Waals surface area contributed by atoms with Crippen LogP contribution in [0.1, 0.15) is 22.8 Å². The van der Waals surface area contributed by atoms with Crippen LogP contribution in [0.3, 0.4) is 0 Å². The first-order chi connectivity index (χ1) is 11.7. The Hall–Kier alpha value is -2.69. The summed E-state index contributed by atoms with van der Waals surface area (Å²) in [5.74, 6) is 2.09. The maximum absolute atomic E-state index is 12.6. The molecule has 1 aliphatic rings. The van der Waals surface area contributed by atoms with Crippen LogP contribution in [0.2, 0.25) is 0 Å². The first kappa shape index (κ1) is 16.2. The molecule has 24 heavy (non-hydrogen) atoms. The second-order valence-electron chi connectivity index (χ2n) is 5.60. The second-order valence-corrected chi connectivity index (χ2v) is 5.60. The molecule has 5 heteroatoms. The van der Waals surface area contributed by atoms with Crippen LogP contribution in [0, 0.1) is 0 Å². The number of nitrogens with zero attached hydrogens (tertiary/aromatic N) is 1. The molecule has 0 aromatic heterocycles. The van der Waals surface area contributed by atoms with Crippen LogP contribution in [-0.4, -0.2) is 37.7 Å². The number of carbonyl (C=O) groups is 1. The third-order valence-electron chi connectivity index (χ3n) is 3.79. The predicted molar refractivity (Wildman–Crippen MR) is 90.8 cm³/mol. The molecule has 0 aliphatic carbocycles. The van der Waals surface area contributed by atoms with E-state index < -0.39 is 0 Å². The summed E-state index contributed by atoms with van der Waals surface area (Å²) in [5.41, 5.74) is 1.64. The lowest BCUT2D eigenvalue weighted by atomic mass is 10.1. The van der Waals surface area contributed by atoms with Crippen molar-refractivity contribution < 1.29 is 19.0 Å². The fraction of sp³-hybridized carbons (Fsp3) is 0.316. The van der Waals surface area contributed by atoms with Gasteiger partial charge in [0.05, 0.1) is 6.61 Å². The average molecular weight is 327 g/mol. The van der Waals surface area contributed by atoms with Gasteiger partial charge in [0, 0.05) is 19.2 Å².